The minimum Gasteiger partial charge on any atom is -0.362 e. The first-order valence-corrected chi connectivity index (χ1v) is 5.97. The van der Waals surface area contributed by atoms with Crippen molar-refractivity contribution in [2.45, 2.75) is 26.2 Å². The molecular formula is C15H20N2. The summed E-state index contributed by atoms with van der Waals surface area (Å²) in [5.74, 6) is 1.04. The van der Waals surface area contributed by atoms with Crippen molar-refractivity contribution < 1.29 is 0 Å². The van der Waals surface area contributed by atoms with Crippen molar-refractivity contribution in [1.29, 1.82) is 0 Å². The first-order chi connectivity index (χ1) is 7.91. The van der Waals surface area contributed by atoms with Crippen LogP contribution in [0.25, 0.3) is 10.8 Å². The van der Waals surface area contributed by atoms with Gasteiger partial charge in [0.05, 0.1) is 0 Å². The summed E-state index contributed by atoms with van der Waals surface area (Å²) in [4.78, 5) is 6.66. The first kappa shape index (κ1) is 11.9. The SMILES string of the molecule is CN(C)c1ncc(C(C)(C)C)c2ccccc12. The smallest absolute Gasteiger partial charge is 0.135 e. The van der Waals surface area contributed by atoms with Crippen LogP contribution in [0.2, 0.25) is 0 Å². The van der Waals surface area contributed by atoms with Crippen LogP contribution in [0.15, 0.2) is 30.5 Å². The van der Waals surface area contributed by atoms with Crippen LogP contribution >= 0.6 is 0 Å². The second-order valence-electron chi connectivity index (χ2n) is 5.69. The minimum absolute atomic E-state index is 0.122. The molecule has 0 aliphatic carbocycles. The van der Waals surface area contributed by atoms with Gasteiger partial charge in [-0.15, -0.1) is 0 Å². The Morgan fingerprint density at radius 2 is 1.59 bits per heavy atom. The molecule has 2 aromatic rings. The Bertz CT molecular complexity index is 536. The summed E-state index contributed by atoms with van der Waals surface area (Å²) >= 11 is 0. The van der Waals surface area contributed by atoms with Crippen molar-refractivity contribution in [3.63, 3.8) is 0 Å². The number of rotatable bonds is 1. The lowest BCUT2D eigenvalue weighted by Gasteiger charge is -2.23. The van der Waals surface area contributed by atoms with Crippen molar-refractivity contribution in [2.24, 2.45) is 0 Å². The average Bonchev–Trinajstić information content (AvgIpc) is 2.26. The molecule has 1 heterocycles. The third-order valence-corrected chi connectivity index (χ3v) is 3.01. The van der Waals surface area contributed by atoms with E-state index in [0.29, 0.717) is 0 Å². The summed E-state index contributed by atoms with van der Waals surface area (Å²) in [5, 5.41) is 2.53. The zero-order chi connectivity index (χ0) is 12.6. The number of anilines is 1. The molecule has 0 saturated carbocycles. The zero-order valence-corrected chi connectivity index (χ0v) is 11.3. The highest BCUT2D eigenvalue weighted by Gasteiger charge is 2.18. The summed E-state index contributed by atoms with van der Waals surface area (Å²) in [6, 6.07) is 8.50. The number of aromatic nitrogens is 1. The Labute approximate surface area is 103 Å². The fourth-order valence-electron chi connectivity index (χ4n) is 2.13. The third-order valence-electron chi connectivity index (χ3n) is 3.01. The van der Waals surface area contributed by atoms with Crippen LogP contribution in [-0.4, -0.2) is 19.1 Å². The van der Waals surface area contributed by atoms with Crippen molar-refractivity contribution in [3.05, 3.63) is 36.0 Å². The number of fused-ring (bicyclic) bond motifs is 1. The van der Waals surface area contributed by atoms with Gasteiger partial charge in [0.1, 0.15) is 5.82 Å². The summed E-state index contributed by atoms with van der Waals surface area (Å²) in [5.41, 5.74) is 1.43. The molecule has 90 valence electrons. The lowest BCUT2D eigenvalue weighted by Crippen LogP contribution is -2.15. The van der Waals surface area contributed by atoms with E-state index in [1.54, 1.807) is 0 Å². The van der Waals surface area contributed by atoms with Crippen LogP contribution in [0.1, 0.15) is 26.3 Å². The van der Waals surface area contributed by atoms with Crippen molar-refractivity contribution >= 4 is 16.6 Å². The molecule has 2 heteroatoms. The molecule has 2 rings (SSSR count). The zero-order valence-electron chi connectivity index (χ0n) is 11.3. The van der Waals surface area contributed by atoms with Gasteiger partial charge in [0.25, 0.3) is 0 Å². The molecule has 0 fully saturated rings. The maximum Gasteiger partial charge on any atom is 0.135 e. The van der Waals surface area contributed by atoms with Crippen molar-refractivity contribution in [1.82, 2.24) is 4.98 Å². The van der Waals surface area contributed by atoms with Crippen LogP contribution in [0, 0.1) is 0 Å². The highest BCUT2D eigenvalue weighted by molar-refractivity contribution is 5.94. The van der Waals surface area contributed by atoms with Crippen molar-refractivity contribution in [2.75, 3.05) is 19.0 Å². The maximum atomic E-state index is 4.60. The summed E-state index contributed by atoms with van der Waals surface area (Å²) < 4.78 is 0. The highest BCUT2D eigenvalue weighted by Crippen LogP contribution is 2.32. The fourth-order valence-corrected chi connectivity index (χ4v) is 2.13. The van der Waals surface area contributed by atoms with Gasteiger partial charge in [-0.25, -0.2) is 4.98 Å². The number of hydrogen-bond acceptors (Lipinski definition) is 2. The molecule has 1 aromatic heterocycles. The molecule has 17 heavy (non-hydrogen) atoms. The molecule has 2 nitrogen and oxygen atoms in total. The van der Waals surface area contributed by atoms with Gasteiger partial charge in [0, 0.05) is 25.7 Å². The van der Waals surface area contributed by atoms with Crippen LogP contribution < -0.4 is 4.90 Å². The predicted octanol–water partition coefficient (Wildman–Crippen LogP) is 3.60. The van der Waals surface area contributed by atoms with E-state index in [4.69, 9.17) is 0 Å². The van der Waals surface area contributed by atoms with E-state index in [9.17, 15) is 0 Å². The Balaban J connectivity index is 2.80. The monoisotopic (exact) mass is 228 g/mol. The molecule has 0 saturated heterocycles. The Morgan fingerprint density at radius 3 is 2.12 bits per heavy atom. The van der Waals surface area contributed by atoms with Gasteiger partial charge in [-0.1, -0.05) is 45.0 Å². The molecule has 0 unspecified atom stereocenters. The summed E-state index contributed by atoms with van der Waals surface area (Å²) in [6.07, 6.45) is 2.01. The highest BCUT2D eigenvalue weighted by atomic mass is 15.1. The molecule has 0 atom stereocenters. The molecule has 0 bridgehead atoms. The van der Waals surface area contributed by atoms with Crippen LogP contribution in [0.5, 0.6) is 0 Å². The number of nitrogens with zero attached hydrogens (tertiary/aromatic N) is 2. The Morgan fingerprint density at radius 1 is 1.00 bits per heavy atom. The molecule has 0 N–H and O–H groups in total. The number of pyridine rings is 1. The van der Waals surface area contributed by atoms with Gasteiger partial charge in [-0.2, -0.15) is 0 Å². The molecular weight excluding hydrogens is 208 g/mol. The summed E-state index contributed by atoms with van der Waals surface area (Å²) in [6.45, 7) is 6.68. The second kappa shape index (κ2) is 4.02. The minimum atomic E-state index is 0.122. The third kappa shape index (κ3) is 2.12. The summed E-state index contributed by atoms with van der Waals surface area (Å²) in [7, 11) is 4.07. The van der Waals surface area contributed by atoms with Crippen LogP contribution in [0.4, 0.5) is 5.82 Å². The number of benzene rings is 1. The van der Waals surface area contributed by atoms with Gasteiger partial charge in [0.15, 0.2) is 0 Å². The van der Waals surface area contributed by atoms with E-state index in [1.807, 2.05) is 20.3 Å². The van der Waals surface area contributed by atoms with Gasteiger partial charge in [-0.05, 0) is 16.4 Å². The Kier molecular flexibility index (Phi) is 2.82. The maximum absolute atomic E-state index is 4.60. The molecule has 0 radical (unpaired) electrons. The molecule has 0 aliphatic heterocycles. The molecule has 1 aromatic carbocycles. The quantitative estimate of drug-likeness (QED) is 0.741. The van der Waals surface area contributed by atoms with E-state index in [0.717, 1.165) is 5.82 Å². The largest absolute Gasteiger partial charge is 0.362 e. The molecule has 0 amide bonds. The van der Waals surface area contributed by atoms with E-state index in [1.165, 1.54) is 16.3 Å². The van der Waals surface area contributed by atoms with E-state index < -0.39 is 0 Å². The Hall–Kier alpha value is -1.57. The fraction of sp³-hybridized carbons (Fsp3) is 0.400. The van der Waals surface area contributed by atoms with E-state index in [-0.39, 0.29) is 5.41 Å². The van der Waals surface area contributed by atoms with Gasteiger partial charge >= 0.3 is 0 Å². The second-order valence-corrected chi connectivity index (χ2v) is 5.69. The first-order valence-electron chi connectivity index (χ1n) is 5.97. The normalized spacial score (nSPS) is 11.8. The lowest BCUT2D eigenvalue weighted by molar-refractivity contribution is 0.593. The topological polar surface area (TPSA) is 16.1 Å². The standard InChI is InChI=1S/C15H20N2/c1-15(2,3)13-10-16-14(17(4)5)12-9-7-6-8-11(12)13/h6-10H,1-5H3. The molecule has 0 spiro atoms. The average molecular weight is 228 g/mol. The van der Waals surface area contributed by atoms with E-state index in [2.05, 4.69) is 54.9 Å². The van der Waals surface area contributed by atoms with Gasteiger partial charge in [-0.3, -0.25) is 0 Å². The van der Waals surface area contributed by atoms with Crippen LogP contribution in [-0.2, 0) is 5.41 Å². The van der Waals surface area contributed by atoms with E-state index >= 15 is 0 Å². The predicted molar refractivity (Wildman–Crippen MR) is 74.8 cm³/mol. The van der Waals surface area contributed by atoms with Crippen LogP contribution in [0.3, 0.4) is 0 Å². The van der Waals surface area contributed by atoms with Gasteiger partial charge in [0.2, 0.25) is 0 Å². The van der Waals surface area contributed by atoms with Gasteiger partial charge < -0.3 is 4.90 Å². The lowest BCUT2D eigenvalue weighted by atomic mass is 9.85. The molecule has 0 aliphatic rings. The number of hydrogen-bond donors (Lipinski definition) is 0. The van der Waals surface area contributed by atoms with Crippen molar-refractivity contribution in [3.8, 4) is 0 Å².